The van der Waals surface area contributed by atoms with Crippen molar-refractivity contribution in [1.82, 2.24) is 10.2 Å². The molecular formula is C20H21N3O4. The fraction of sp³-hybridized carbons (Fsp3) is 0.250. The lowest BCUT2D eigenvalue weighted by Gasteiger charge is -2.11. The minimum Gasteiger partial charge on any atom is -0.497 e. The zero-order chi connectivity index (χ0) is 19.2. The highest BCUT2D eigenvalue weighted by molar-refractivity contribution is 5.92. The highest BCUT2D eigenvalue weighted by atomic mass is 16.5. The third-order valence-electron chi connectivity index (χ3n) is 4.09. The first-order valence-corrected chi connectivity index (χ1v) is 8.51. The monoisotopic (exact) mass is 367 g/mol. The number of amides is 1. The van der Waals surface area contributed by atoms with Gasteiger partial charge in [0.2, 0.25) is 17.7 Å². The van der Waals surface area contributed by atoms with Crippen molar-refractivity contribution >= 4 is 11.6 Å². The van der Waals surface area contributed by atoms with Crippen LogP contribution in [0.25, 0.3) is 11.5 Å². The van der Waals surface area contributed by atoms with Crippen molar-refractivity contribution in [2.24, 2.45) is 0 Å². The van der Waals surface area contributed by atoms with Gasteiger partial charge in [-0.3, -0.25) is 4.79 Å². The van der Waals surface area contributed by atoms with Crippen LogP contribution in [0.15, 0.2) is 46.9 Å². The van der Waals surface area contributed by atoms with Crippen LogP contribution in [0.4, 0.5) is 5.69 Å². The lowest BCUT2D eigenvalue weighted by molar-refractivity contribution is -0.116. The Morgan fingerprint density at radius 2 is 1.93 bits per heavy atom. The number of nitrogens with zero attached hydrogens (tertiary/aromatic N) is 2. The number of ether oxygens (including phenoxy) is 2. The molecule has 0 aliphatic carbocycles. The molecule has 0 atom stereocenters. The number of aryl methyl sites for hydroxylation is 2. The number of aromatic nitrogens is 2. The Hall–Kier alpha value is -3.35. The van der Waals surface area contributed by atoms with Gasteiger partial charge in [-0.05, 0) is 30.7 Å². The Morgan fingerprint density at radius 1 is 1.11 bits per heavy atom. The number of carbonyl (C=O) groups excluding carboxylic acids is 1. The van der Waals surface area contributed by atoms with Gasteiger partial charge < -0.3 is 19.2 Å². The first-order chi connectivity index (χ1) is 13.1. The molecule has 0 radical (unpaired) electrons. The molecule has 0 bridgehead atoms. The van der Waals surface area contributed by atoms with Gasteiger partial charge in [0.1, 0.15) is 11.5 Å². The molecule has 7 nitrogen and oxygen atoms in total. The van der Waals surface area contributed by atoms with Gasteiger partial charge in [0, 0.05) is 24.5 Å². The minimum atomic E-state index is -0.172. The summed E-state index contributed by atoms with van der Waals surface area (Å²) in [6, 6.07) is 13.0. The maximum atomic E-state index is 12.3. The molecule has 0 aliphatic rings. The Balaban J connectivity index is 1.61. The second-order valence-corrected chi connectivity index (χ2v) is 5.93. The smallest absolute Gasteiger partial charge is 0.247 e. The second kappa shape index (κ2) is 8.35. The summed E-state index contributed by atoms with van der Waals surface area (Å²) >= 11 is 0. The number of benzene rings is 2. The second-order valence-electron chi connectivity index (χ2n) is 5.93. The summed E-state index contributed by atoms with van der Waals surface area (Å²) in [6.07, 6.45) is 0.563. The molecule has 0 fully saturated rings. The van der Waals surface area contributed by atoms with Crippen LogP contribution in [0.1, 0.15) is 17.9 Å². The zero-order valence-corrected chi connectivity index (χ0v) is 15.5. The predicted molar refractivity (Wildman–Crippen MR) is 101 cm³/mol. The highest BCUT2D eigenvalue weighted by Gasteiger charge is 2.13. The number of nitrogens with one attached hydrogen (secondary N) is 1. The maximum absolute atomic E-state index is 12.3. The van der Waals surface area contributed by atoms with E-state index >= 15 is 0 Å². The SMILES string of the molecule is COc1ccc(NC(=O)CCc2nnc(-c3ccccc3C)o2)c(OC)c1. The quantitative estimate of drug-likeness (QED) is 0.686. The van der Waals surface area contributed by atoms with Gasteiger partial charge in [0.15, 0.2) is 0 Å². The summed E-state index contributed by atoms with van der Waals surface area (Å²) in [6.45, 7) is 1.98. The summed E-state index contributed by atoms with van der Waals surface area (Å²) in [4.78, 5) is 12.3. The van der Waals surface area contributed by atoms with E-state index in [0.717, 1.165) is 11.1 Å². The average Bonchev–Trinajstić information content (AvgIpc) is 3.16. The molecule has 1 amide bonds. The van der Waals surface area contributed by atoms with Crippen molar-refractivity contribution in [1.29, 1.82) is 0 Å². The lowest BCUT2D eigenvalue weighted by Crippen LogP contribution is -2.13. The molecule has 0 saturated heterocycles. The van der Waals surface area contributed by atoms with Gasteiger partial charge in [0.25, 0.3) is 0 Å². The van der Waals surface area contributed by atoms with Gasteiger partial charge in [-0.1, -0.05) is 18.2 Å². The molecule has 0 unspecified atom stereocenters. The highest BCUT2D eigenvalue weighted by Crippen LogP contribution is 2.29. The summed E-state index contributed by atoms with van der Waals surface area (Å²) in [5, 5.41) is 10.9. The Morgan fingerprint density at radius 3 is 2.67 bits per heavy atom. The molecule has 2 aromatic carbocycles. The Kier molecular flexibility index (Phi) is 5.71. The Labute approximate surface area is 157 Å². The normalized spacial score (nSPS) is 10.5. The summed E-state index contributed by atoms with van der Waals surface area (Å²) in [7, 11) is 3.11. The largest absolute Gasteiger partial charge is 0.497 e. The minimum absolute atomic E-state index is 0.172. The molecule has 3 aromatic rings. The van der Waals surface area contributed by atoms with Crippen LogP contribution in [0, 0.1) is 6.92 Å². The lowest BCUT2D eigenvalue weighted by atomic mass is 10.1. The fourth-order valence-corrected chi connectivity index (χ4v) is 2.61. The molecule has 3 rings (SSSR count). The molecule has 140 valence electrons. The van der Waals surface area contributed by atoms with E-state index in [0.29, 0.717) is 35.4 Å². The van der Waals surface area contributed by atoms with Crippen molar-refractivity contribution in [3.05, 3.63) is 53.9 Å². The van der Waals surface area contributed by atoms with Gasteiger partial charge in [-0.15, -0.1) is 10.2 Å². The molecule has 0 saturated carbocycles. The van der Waals surface area contributed by atoms with Crippen LogP contribution in [-0.2, 0) is 11.2 Å². The standard InChI is InChI=1S/C20H21N3O4/c1-13-6-4-5-7-15(13)20-23-22-19(27-20)11-10-18(24)21-16-9-8-14(25-2)12-17(16)26-3/h4-9,12H,10-11H2,1-3H3,(H,21,24). The van der Waals surface area contributed by atoms with E-state index in [1.807, 2.05) is 31.2 Å². The van der Waals surface area contributed by atoms with Crippen molar-refractivity contribution in [3.63, 3.8) is 0 Å². The fourth-order valence-electron chi connectivity index (χ4n) is 2.61. The number of anilines is 1. The van der Waals surface area contributed by atoms with E-state index < -0.39 is 0 Å². The summed E-state index contributed by atoms with van der Waals surface area (Å²) < 4.78 is 16.1. The topological polar surface area (TPSA) is 86.5 Å². The third-order valence-corrected chi connectivity index (χ3v) is 4.09. The van der Waals surface area contributed by atoms with Crippen molar-refractivity contribution in [2.75, 3.05) is 19.5 Å². The molecule has 0 aliphatic heterocycles. The van der Waals surface area contributed by atoms with Crippen molar-refractivity contribution in [2.45, 2.75) is 19.8 Å². The van der Waals surface area contributed by atoms with Crippen LogP contribution in [0.5, 0.6) is 11.5 Å². The van der Waals surface area contributed by atoms with E-state index in [1.54, 1.807) is 25.3 Å². The first kappa shape index (κ1) is 18.4. The number of methoxy groups -OCH3 is 2. The van der Waals surface area contributed by atoms with Gasteiger partial charge in [-0.25, -0.2) is 0 Å². The van der Waals surface area contributed by atoms with E-state index in [4.69, 9.17) is 13.9 Å². The predicted octanol–water partition coefficient (Wildman–Crippen LogP) is 3.63. The van der Waals surface area contributed by atoms with Crippen LogP contribution in [0.2, 0.25) is 0 Å². The van der Waals surface area contributed by atoms with Crippen molar-refractivity contribution in [3.8, 4) is 23.0 Å². The Bertz CT molecular complexity index is 936. The van der Waals surface area contributed by atoms with E-state index in [9.17, 15) is 4.79 Å². The number of rotatable bonds is 7. The van der Waals surface area contributed by atoms with Crippen LogP contribution in [0.3, 0.4) is 0 Å². The van der Waals surface area contributed by atoms with E-state index in [-0.39, 0.29) is 12.3 Å². The number of carbonyl (C=O) groups is 1. The molecule has 1 N–H and O–H groups in total. The number of hydrogen-bond acceptors (Lipinski definition) is 6. The summed E-state index contributed by atoms with van der Waals surface area (Å²) in [5.41, 5.74) is 2.52. The van der Waals surface area contributed by atoms with Crippen LogP contribution < -0.4 is 14.8 Å². The summed E-state index contributed by atoms with van der Waals surface area (Å²) in [5.74, 6) is 1.89. The van der Waals surface area contributed by atoms with E-state index in [1.165, 1.54) is 7.11 Å². The van der Waals surface area contributed by atoms with Crippen LogP contribution in [-0.4, -0.2) is 30.3 Å². The number of hydrogen-bond donors (Lipinski definition) is 1. The first-order valence-electron chi connectivity index (χ1n) is 8.51. The van der Waals surface area contributed by atoms with Crippen molar-refractivity contribution < 1.29 is 18.7 Å². The van der Waals surface area contributed by atoms with Gasteiger partial charge in [0.05, 0.1) is 19.9 Å². The molecule has 0 spiro atoms. The molecule has 27 heavy (non-hydrogen) atoms. The van der Waals surface area contributed by atoms with Crippen LogP contribution >= 0.6 is 0 Å². The third kappa shape index (κ3) is 4.44. The molecule has 7 heteroatoms. The van der Waals surface area contributed by atoms with Gasteiger partial charge >= 0.3 is 0 Å². The molecule has 1 aromatic heterocycles. The molecular weight excluding hydrogens is 346 g/mol. The van der Waals surface area contributed by atoms with E-state index in [2.05, 4.69) is 15.5 Å². The zero-order valence-electron chi connectivity index (χ0n) is 15.5. The maximum Gasteiger partial charge on any atom is 0.247 e. The molecule has 1 heterocycles. The van der Waals surface area contributed by atoms with Gasteiger partial charge in [-0.2, -0.15) is 0 Å². The average molecular weight is 367 g/mol.